The predicted octanol–water partition coefficient (Wildman–Crippen LogP) is 2.15. The van der Waals surface area contributed by atoms with E-state index >= 15 is 0 Å². The Kier molecular flexibility index (Phi) is 5.75. The quantitative estimate of drug-likeness (QED) is 0.832. The number of aromatic nitrogens is 1. The van der Waals surface area contributed by atoms with Crippen LogP contribution in [0.4, 0.5) is 0 Å². The van der Waals surface area contributed by atoms with Crippen molar-refractivity contribution in [1.82, 2.24) is 10.3 Å². The molecule has 1 rings (SSSR count). The molecule has 0 saturated carbocycles. The van der Waals surface area contributed by atoms with Gasteiger partial charge in [0, 0.05) is 19.1 Å². The van der Waals surface area contributed by atoms with Gasteiger partial charge in [0.1, 0.15) is 4.88 Å². The van der Waals surface area contributed by atoms with Crippen LogP contribution in [-0.4, -0.2) is 28.6 Å². The van der Waals surface area contributed by atoms with Crippen molar-refractivity contribution in [2.75, 3.05) is 6.61 Å². The van der Waals surface area contributed by atoms with E-state index in [2.05, 4.69) is 24.1 Å². The van der Waals surface area contributed by atoms with Gasteiger partial charge in [0.25, 0.3) is 5.91 Å². The third kappa shape index (κ3) is 4.38. The molecule has 0 aliphatic rings. The number of aliphatic hydroxyl groups is 1. The minimum atomic E-state index is -0.0824. The maximum absolute atomic E-state index is 12.0. The highest BCUT2D eigenvalue weighted by Gasteiger charge is 2.17. The lowest BCUT2D eigenvalue weighted by molar-refractivity contribution is 0.0937. The van der Waals surface area contributed by atoms with Crippen LogP contribution >= 0.6 is 11.3 Å². The molecule has 2 N–H and O–H groups in total. The summed E-state index contributed by atoms with van der Waals surface area (Å²) < 4.78 is 0. The molecule has 0 radical (unpaired) electrons. The molecule has 0 aromatic carbocycles. The molecule has 1 heterocycles. The van der Waals surface area contributed by atoms with Gasteiger partial charge >= 0.3 is 0 Å². The summed E-state index contributed by atoms with van der Waals surface area (Å²) in [6.07, 6.45) is 1.48. The van der Waals surface area contributed by atoms with Crippen LogP contribution in [0.15, 0.2) is 0 Å². The SMILES string of the molecule is Cc1nc(CC(C)C)sc1C(=O)NC(C)CCO. The van der Waals surface area contributed by atoms with Crippen molar-refractivity contribution in [2.24, 2.45) is 5.92 Å². The first kappa shape index (κ1) is 15.1. The first-order valence-corrected chi connectivity index (χ1v) is 7.13. The summed E-state index contributed by atoms with van der Waals surface area (Å²) in [4.78, 5) is 17.2. The van der Waals surface area contributed by atoms with E-state index in [1.165, 1.54) is 11.3 Å². The number of carbonyl (C=O) groups is 1. The Morgan fingerprint density at radius 2 is 2.11 bits per heavy atom. The van der Waals surface area contributed by atoms with Gasteiger partial charge in [-0.25, -0.2) is 4.98 Å². The summed E-state index contributed by atoms with van der Waals surface area (Å²) in [6.45, 7) is 8.12. The van der Waals surface area contributed by atoms with Gasteiger partial charge in [-0.1, -0.05) is 13.8 Å². The second kappa shape index (κ2) is 6.85. The number of thiazole rings is 1. The molecule has 0 spiro atoms. The third-order valence-electron chi connectivity index (χ3n) is 2.57. The summed E-state index contributed by atoms with van der Waals surface area (Å²) in [6, 6.07) is -0.0162. The van der Waals surface area contributed by atoms with Gasteiger partial charge in [-0.3, -0.25) is 4.79 Å². The number of rotatable bonds is 6. The summed E-state index contributed by atoms with van der Waals surface area (Å²) >= 11 is 1.47. The van der Waals surface area contributed by atoms with Crippen LogP contribution in [0.25, 0.3) is 0 Å². The Labute approximate surface area is 112 Å². The van der Waals surface area contributed by atoms with E-state index in [-0.39, 0.29) is 18.6 Å². The fourth-order valence-corrected chi connectivity index (χ4v) is 2.83. The van der Waals surface area contributed by atoms with Gasteiger partial charge in [0.2, 0.25) is 0 Å². The summed E-state index contributed by atoms with van der Waals surface area (Å²) in [5, 5.41) is 12.7. The van der Waals surface area contributed by atoms with E-state index < -0.39 is 0 Å². The highest BCUT2D eigenvalue weighted by atomic mass is 32.1. The Balaban J connectivity index is 2.70. The highest BCUT2D eigenvalue weighted by molar-refractivity contribution is 7.13. The van der Waals surface area contributed by atoms with E-state index in [1.54, 1.807) is 0 Å². The van der Waals surface area contributed by atoms with Crippen LogP contribution in [0.3, 0.4) is 0 Å². The average molecular weight is 270 g/mol. The third-order valence-corrected chi connectivity index (χ3v) is 3.75. The second-order valence-corrected chi connectivity index (χ2v) is 6.09. The van der Waals surface area contributed by atoms with Crippen LogP contribution < -0.4 is 5.32 Å². The van der Waals surface area contributed by atoms with Crippen molar-refractivity contribution in [3.05, 3.63) is 15.6 Å². The van der Waals surface area contributed by atoms with Gasteiger partial charge in [-0.05, 0) is 26.2 Å². The monoisotopic (exact) mass is 270 g/mol. The van der Waals surface area contributed by atoms with Gasteiger partial charge in [-0.2, -0.15) is 0 Å². The molecule has 102 valence electrons. The maximum Gasteiger partial charge on any atom is 0.263 e. The molecule has 0 aliphatic carbocycles. The van der Waals surface area contributed by atoms with Crippen LogP contribution in [0, 0.1) is 12.8 Å². The standard InChI is InChI=1S/C13H22N2O2S/c1-8(2)7-11-15-10(4)12(18-11)13(17)14-9(3)5-6-16/h8-9,16H,5-7H2,1-4H3,(H,14,17). The van der Waals surface area contributed by atoms with Gasteiger partial charge in [0.05, 0.1) is 10.7 Å². The molecule has 0 aliphatic heterocycles. The molecule has 4 nitrogen and oxygen atoms in total. The summed E-state index contributed by atoms with van der Waals surface area (Å²) in [5.41, 5.74) is 0.796. The zero-order chi connectivity index (χ0) is 13.7. The first-order chi connectivity index (χ1) is 8.43. The number of nitrogens with zero attached hydrogens (tertiary/aromatic N) is 1. The van der Waals surface area contributed by atoms with Crippen LogP contribution in [0.5, 0.6) is 0 Å². The predicted molar refractivity (Wildman–Crippen MR) is 74.0 cm³/mol. The minimum absolute atomic E-state index is 0.0162. The fraction of sp³-hybridized carbons (Fsp3) is 0.692. The molecule has 18 heavy (non-hydrogen) atoms. The topological polar surface area (TPSA) is 62.2 Å². The van der Waals surface area contributed by atoms with E-state index in [1.807, 2.05) is 13.8 Å². The van der Waals surface area contributed by atoms with Gasteiger partial charge in [-0.15, -0.1) is 11.3 Å². The normalized spacial score (nSPS) is 12.8. The number of aliphatic hydroxyl groups excluding tert-OH is 1. The van der Waals surface area contributed by atoms with Crippen LogP contribution in [0.2, 0.25) is 0 Å². The van der Waals surface area contributed by atoms with Crippen molar-refractivity contribution < 1.29 is 9.90 Å². The molecule has 0 fully saturated rings. The molecular formula is C13H22N2O2S. The Hall–Kier alpha value is -0.940. The molecule has 5 heteroatoms. The number of carbonyl (C=O) groups excluding carboxylic acids is 1. The summed E-state index contributed by atoms with van der Waals surface area (Å²) in [5.74, 6) is 0.459. The number of nitrogens with one attached hydrogen (secondary N) is 1. The Morgan fingerprint density at radius 3 is 2.67 bits per heavy atom. The van der Waals surface area contributed by atoms with E-state index in [4.69, 9.17) is 5.11 Å². The zero-order valence-corrected chi connectivity index (χ0v) is 12.3. The highest BCUT2D eigenvalue weighted by Crippen LogP contribution is 2.20. The molecule has 1 atom stereocenters. The molecule has 1 aromatic heterocycles. The first-order valence-electron chi connectivity index (χ1n) is 6.32. The number of amides is 1. The molecule has 1 amide bonds. The lowest BCUT2D eigenvalue weighted by Crippen LogP contribution is -2.33. The van der Waals surface area contributed by atoms with Crippen molar-refractivity contribution >= 4 is 17.2 Å². The lowest BCUT2D eigenvalue weighted by Gasteiger charge is -2.11. The molecule has 0 bridgehead atoms. The average Bonchev–Trinajstić information content (AvgIpc) is 2.58. The van der Waals surface area contributed by atoms with Crippen molar-refractivity contribution in [3.8, 4) is 0 Å². The van der Waals surface area contributed by atoms with Crippen molar-refractivity contribution in [1.29, 1.82) is 0 Å². The fourth-order valence-electron chi connectivity index (χ4n) is 1.65. The van der Waals surface area contributed by atoms with Gasteiger partial charge in [0.15, 0.2) is 0 Å². The second-order valence-electron chi connectivity index (χ2n) is 5.01. The van der Waals surface area contributed by atoms with E-state index in [0.717, 1.165) is 17.1 Å². The Bertz CT molecular complexity index is 402. The molecule has 0 saturated heterocycles. The van der Waals surface area contributed by atoms with E-state index in [9.17, 15) is 4.79 Å². The number of hydrogen-bond donors (Lipinski definition) is 2. The lowest BCUT2D eigenvalue weighted by atomic mass is 10.1. The maximum atomic E-state index is 12.0. The molecule has 1 unspecified atom stereocenters. The number of hydrogen-bond acceptors (Lipinski definition) is 4. The minimum Gasteiger partial charge on any atom is -0.396 e. The summed E-state index contributed by atoms with van der Waals surface area (Å²) in [7, 11) is 0. The zero-order valence-electron chi connectivity index (χ0n) is 11.5. The van der Waals surface area contributed by atoms with Crippen LogP contribution in [0.1, 0.15) is 47.6 Å². The Morgan fingerprint density at radius 1 is 1.44 bits per heavy atom. The van der Waals surface area contributed by atoms with Crippen molar-refractivity contribution in [3.63, 3.8) is 0 Å². The largest absolute Gasteiger partial charge is 0.396 e. The molecular weight excluding hydrogens is 248 g/mol. The smallest absolute Gasteiger partial charge is 0.263 e. The van der Waals surface area contributed by atoms with E-state index in [0.29, 0.717) is 17.2 Å². The van der Waals surface area contributed by atoms with Gasteiger partial charge < -0.3 is 10.4 Å². The van der Waals surface area contributed by atoms with Crippen molar-refractivity contribution in [2.45, 2.75) is 46.6 Å². The van der Waals surface area contributed by atoms with Crippen LogP contribution in [-0.2, 0) is 6.42 Å². The molecule has 1 aromatic rings. The number of aryl methyl sites for hydroxylation is 1.